The van der Waals surface area contributed by atoms with Gasteiger partial charge in [0.15, 0.2) is 5.75 Å². The maximum Gasteiger partial charge on any atom is 0.292 e. The van der Waals surface area contributed by atoms with E-state index >= 15 is 0 Å². The van der Waals surface area contributed by atoms with Crippen molar-refractivity contribution in [2.75, 3.05) is 0 Å². The van der Waals surface area contributed by atoms with Gasteiger partial charge in [0.1, 0.15) is 10.6 Å². The van der Waals surface area contributed by atoms with E-state index in [0.29, 0.717) is 0 Å². The summed E-state index contributed by atoms with van der Waals surface area (Å²) < 4.78 is 31.0. The summed E-state index contributed by atoms with van der Waals surface area (Å²) in [4.78, 5) is -0.374. The van der Waals surface area contributed by atoms with E-state index in [9.17, 15) is 8.42 Å². The maximum absolute atomic E-state index is 11.1. The first-order valence-corrected chi connectivity index (χ1v) is 6.00. The van der Waals surface area contributed by atoms with Crippen molar-refractivity contribution in [3.63, 3.8) is 0 Å². The molecule has 0 N–H and O–H groups in total. The lowest BCUT2D eigenvalue weighted by molar-refractivity contribution is 0.473. The molecule has 0 saturated carbocycles. The van der Waals surface area contributed by atoms with E-state index in [1.165, 1.54) is 18.6 Å². The molecule has 16 heavy (non-hydrogen) atoms. The zero-order valence-corrected chi connectivity index (χ0v) is 9.12. The molecule has 0 aliphatic rings. The van der Waals surface area contributed by atoms with Crippen LogP contribution in [0.15, 0.2) is 23.1 Å². The average Bonchev–Trinajstić information content (AvgIpc) is 2.17. The highest BCUT2D eigenvalue weighted by atomic mass is 35.7. The molecular formula is C8H3ClN2O4S. The fourth-order valence-corrected chi connectivity index (χ4v) is 1.89. The van der Waals surface area contributed by atoms with Crippen molar-refractivity contribution >= 4 is 19.7 Å². The predicted molar refractivity (Wildman–Crippen MR) is 52.0 cm³/mol. The van der Waals surface area contributed by atoms with Gasteiger partial charge in [-0.15, -0.1) is 10.5 Å². The third-order valence-electron chi connectivity index (χ3n) is 1.50. The summed E-state index contributed by atoms with van der Waals surface area (Å²) in [6.45, 7) is 0. The third-order valence-corrected chi connectivity index (χ3v) is 2.86. The monoisotopic (exact) mass is 258 g/mol. The van der Waals surface area contributed by atoms with Gasteiger partial charge in [0.05, 0.1) is 0 Å². The second kappa shape index (κ2) is 4.71. The molecule has 0 saturated heterocycles. The van der Waals surface area contributed by atoms with Gasteiger partial charge in [-0.1, -0.05) is 0 Å². The van der Waals surface area contributed by atoms with Gasteiger partial charge in [-0.05, 0) is 12.1 Å². The van der Waals surface area contributed by atoms with Crippen LogP contribution in [-0.2, 0) is 9.05 Å². The third kappa shape index (κ3) is 2.76. The summed E-state index contributed by atoms with van der Waals surface area (Å²) >= 11 is 0. The molecule has 0 heterocycles. The highest BCUT2D eigenvalue weighted by Gasteiger charge is 2.18. The van der Waals surface area contributed by atoms with Crippen LogP contribution in [0, 0.1) is 23.0 Å². The minimum atomic E-state index is -4.03. The Bertz CT molecular complexity index is 585. The van der Waals surface area contributed by atoms with E-state index in [0.717, 1.165) is 12.1 Å². The predicted octanol–water partition coefficient (Wildman–Crippen LogP) is 1.33. The first kappa shape index (κ1) is 12.1. The van der Waals surface area contributed by atoms with Crippen molar-refractivity contribution in [1.82, 2.24) is 0 Å². The molecule has 0 unspecified atom stereocenters. The van der Waals surface area contributed by atoms with E-state index in [2.05, 4.69) is 9.47 Å². The smallest absolute Gasteiger partial charge is 0.292 e. The Hall–Kier alpha value is -1.96. The Balaban J connectivity index is 3.33. The molecule has 1 rings (SSSR count). The number of hydrogen-bond donors (Lipinski definition) is 0. The van der Waals surface area contributed by atoms with Crippen LogP contribution < -0.4 is 9.47 Å². The van der Waals surface area contributed by atoms with E-state index in [-0.39, 0.29) is 16.4 Å². The lowest BCUT2D eigenvalue weighted by Gasteiger charge is -2.04. The van der Waals surface area contributed by atoms with Crippen LogP contribution >= 0.6 is 10.7 Å². The van der Waals surface area contributed by atoms with Crippen LogP contribution in [0.3, 0.4) is 0 Å². The number of hydrogen-bond acceptors (Lipinski definition) is 6. The molecule has 0 atom stereocenters. The van der Waals surface area contributed by atoms with Gasteiger partial charge in [0.2, 0.25) is 0 Å². The Morgan fingerprint density at radius 2 is 1.81 bits per heavy atom. The van der Waals surface area contributed by atoms with Crippen LogP contribution in [0.2, 0.25) is 0 Å². The molecule has 0 fully saturated rings. The van der Waals surface area contributed by atoms with Crippen molar-refractivity contribution in [2.45, 2.75) is 4.90 Å². The quantitative estimate of drug-likeness (QED) is 0.599. The second-order valence-electron chi connectivity index (χ2n) is 2.43. The average molecular weight is 259 g/mol. The molecule has 6 nitrogen and oxygen atoms in total. The zero-order chi connectivity index (χ0) is 12.2. The highest BCUT2D eigenvalue weighted by Crippen LogP contribution is 2.30. The van der Waals surface area contributed by atoms with Gasteiger partial charge in [-0.25, -0.2) is 8.42 Å². The van der Waals surface area contributed by atoms with Crippen molar-refractivity contribution in [1.29, 1.82) is 10.5 Å². The molecule has 1 aromatic rings. The molecule has 0 aliphatic heterocycles. The summed E-state index contributed by atoms with van der Waals surface area (Å²) in [6.07, 6.45) is 2.69. The molecule has 0 aromatic heterocycles. The van der Waals surface area contributed by atoms with Gasteiger partial charge in [-0.3, -0.25) is 0 Å². The SMILES string of the molecule is N#COc1ccc(S(=O)(=O)Cl)c(OC#N)c1. The first-order chi connectivity index (χ1) is 7.49. The summed E-state index contributed by atoms with van der Waals surface area (Å²) in [7, 11) is 1.08. The lowest BCUT2D eigenvalue weighted by Crippen LogP contribution is -1.96. The molecule has 1 aromatic carbocycles. The van der Waals surface area contributed by atoms with Gasteiger partial charge in [-0.2, -0.15) is 0 Å². The molecule has 82 valence electrons. The van der Waals surface area contributed by atoms with Crippen LogP contribution in [-0.4, -0.2) is 8.42 Å². The van der Waals surface area contributed by atoms with Crippen molar-refractivity contribution in [3.8, 4) is 24.0 Å². The van der Waals surface area contributed by atoms with Gasteiger partial charge in [0, 0.05) is 16.7 Å². The number of rotatable bonds is 3. The minimum absolute atomic E-state index is 0.0387. The Kier molecular flexibility index (Phi) is 3.56. The second-order valence-corrected chi connectivity index (χ2v) is 4.97. The van der Waals surface area contributed by atoms with E-state index < -0.39 is 9.05 Å². The van der Waals surface area contributed by atoms with Gasteiger partial charge < -0.3 is 9.47 Å². The van der Waals surface area contributed by atoms with E-state index in [1.54, 1.807) is 0 Å². The molecule has 0 aliphatic carbocycles. The number of nitrogens with zero attached hydrogens (tertiary/aromatic N) is 2. The Morgan fingerprint density at radius 1 is 1.19 bits per heavy atom. The fraction of sp³-hybridized carbons (Fsp3) is 0. The van der Waals surface area contributed by atoms with Crippen molar-refractivity contribution in [3.05, 3.63) is 18.2 Å². The van der Waals surface area contributed by atoms with E-state index in [4.69, 9.17) is 21.2 Å². The molecule has 0 spiro atoms. The van der Waals surface area contributed by atoms with Gasteiger partial charge >= 0.3 is 0 Å². The summed E-state index contributed by atoms with van der Waals surface area (Å²) in [5, 5.41) is 16.6. The summed E-state index contributed by atoms with van der Waals surface area (Å²) in [5.41, 5.74) is 0. The van der Waals surface area contributed by atoms with Crippen LogP contribution in [0.25, 0.3) is 0 Å². The largest absolute Gasteiger partial charge is 0.388 e. The van der Waals surface area contributed by atoms with Gasteiger partial charge in [0.25, 0.3) is 21.6 Å². The molecule has 0 bridgehead atoms. The normalized spacial score (nSPS) is 9.94. The highest BCUT2D eigenvalue weighted by molar-refractivity contribution is 8.13. The number of halogens is 1. The molecular weight excluding hydrogens is 256 g/mol. The fourth-order valence-electron chi connectivity index (χ4n) is 0.935. The van der Waals surface area contributed by atoms with Crippen LogP contribution in [0.1, 0.15) is 0 Å². The standard InChI is InChI=1S/C8H3ClN2O4S/c9-16(12,13)8-2-1-6(14-4-10)3-7(8)15-5-11/h1-3H. The zero-order valence-electron chi connectivity index (χ0n) is 7.55. The minimum Gasteiger partial charge on any atom is -0.388 e. The first-order valence-electron chi connectivity index (χ1n) is 3.69. The van der Waals surface area contributed by atoms with Crippen LogP contribution in [0.4, 0.5) is 0 Å². The number of nitriles is 2. The summed E-state index contributed by atoms with van der Waals surface area (Å²) in [6, 6.07) is 3.35. The van der Waals surface area contributed by atoms with E-state index in [1.807, 2.05) is 0 Å². The Morgan fingerprint density at radius 3 is 2.31 bits per heavy atom. The number of ether oxygens (including phenoxy) is 2. The van der Waals surface area contributed by atoms with Crippen LogP contribution in [0.5, 0.6) is 11.5 Å². The number of benzene rings is 1. The van der Waals surface area contributed by atoms with Crippen molar-refractivity contribution < 1.29 is 17.9 Å². The topological polar surface area (TPSA) is 100 Å². The lowest BCUT2D eigenvalue weighted by atomic mass is 10.3. The maximum atomic E-state index is 11.1. The van der Waals surface area contributed by atoms with Crippen molar-refractivity contribution in [2.24, 2.45) is 0 Å². The molecule has 0 amide bonds. The Labute approximate surface area is 95.6 Å². The summed E-state index contributed by atoms with van der Waals surface area (Å²) in [5.74, 6) is -0.262. The molecule has 8 heteroatoms. The molecule has 0 radical (unpaired) electrons.